The fraction of sp³-hybridized carbons (Fsp3) is 0.591. The third kappa shape index (κ3) is 5.41. The van der Waals surface area contributed by atoms with Crippen LogP contribution in [0.4, 0.5) is 5.69 Å². The summed E-state index contributed by atoms with van der Waals surface area (Å²) in [5, 5.41) is 19.0. The van der Waals surface area contributed by atoms with Crippen molar-refractivity contribution in [3.8, 4) is 12.1 Å². The second-order valence-corrected chi connectivity index (χ2v) is 8.59. The molecule has 7 heteroatoms. The van der Waals surface area contributed by atoms with Crippen LogP contribution < -0.4 is 10.6 Å². The van der Waals surface area contributed by atoms with E-state index in [1.807, 2.05) is 6.07 Å². The molecule has 0 bridgehead atoms. The highest BCUT2D eigenvalue weighted by Crippen LogP contribution is 2.35. The van der Waals surface area contributed by atoms with Gasteiger partial charge in [0.1, 0.15) is 5.92 Å². The standard InChI is InChI=1S/C22H28ClN5O/c23-20-6-3-17(14-24)13-21(20)28-11-9-27(10-12-28)8-7-16-1-4-18(5-2-16)19(15-25)22(26)29/h3,6,13,16,18-19H,1-2,4-5,7-12H2,(H2,26,29). The molecule has 1 amide bonds. The molecule has 1 aliphatic carbocycles. The monoisotopic (exact) mass is 413 g/mol. The first kappa shape index (κ1) is 21.4. The van der Waals surface area contributed by atoms with Gasteiger partial charge in [-0.2, -0.15) is 10.5 Å². The molecule has 1 unspecified atom stereocenters. The summed E-state index contributed by atoms with van der Waals surface area (Å²) in [6.45, 7) is 4.86. The van der Waals surface area contributed by atoms with E-state index >= 15 is 0 Å². The lowest BCUT2D eigenvalue weighted by Gasteiger charge is -2.37. The Morgan fingerprint density at radius 1 is 1.17 bits per heavy atom. The van der Waals surface area contributed by atoms with Gasteiger partial charge in [-0.3, -0.25) is 9.69 Å². The molecule has 29 heavy (non-hydrogen) atoms. The molecule has 154 valence electrons. The van der Waals surface area contributed by atoms with E-state index in [-0.39, 0.29) is 5.92 Å². The minimum absolute atomic E-state index is 0.131. The van der Waals surface area contributed by atoms with Crippen LogP contribution in [-0.4, -0.2) is 43.5 Å². The summed E-state index contributed by atoms with van der Waals surface area (Å²) < 4.78 is 0. The van der Waals surface area contributed by atoms with Crippen LogP contribution in [0.5, 0.6) is 0 Å². The van der Waals surface area contributed by atoms with Gasteiger partial charge >= 0.3 is 0 Å². The number of nitrogens with zero attached hydrogens (tertiary/aromatic N) is 4. The Kier molecular flexibility index (Phi) is 7.36. The smallest absolute Gasteiger partial charge is 0.235 e. The minimum Gasteiger partial charge on any atom is -0.369 e. The lowest BCUT2D eigenvalue weighted by molar-refractivity contribution is -0.122. The number of primary amides is 1. The molecule has 2 fully saturated rings. The Hall–Kier alpha value is -2.28. The molecular formula is C22H28ClN5O. The van der Waals surface area contributed by atoms with Gasteiger partial charge in [-0.05, 0) is 55.8 Å². The van der Waals surface area contributed by atoms with Crippen molar-refractivity contribution < 1.29 is 4.79 Å². The Labute approximate surface area is 177 Å². The van der Waals surface area contributed by atoms with Gasteiger partial charge < -0.3 is 10.6 Å². The van der Waals surface area contributed by atoms with Crippen molar-refractivity contribution in [2.75, 3.05) is 37.6 Å². The number of piperazine rings is 1. The number of hydrogen-bond donors (Lipinski definition) is 1. The van der Waals surface area contributed by atoms with E-state index in [0.717, 1.165) is 70.5 Å². The lowest BCUT2D eigenvalue weighted by Crippen LogP contribution is -2.47. The Balaban J connectivity index is 1.42. The molecule has 1 aromatic carbocycles. The molecule has 0 aromatic heterocycles. The van der Waals surface area contributed by atoms with Crippen molar-refractivity contribution >= 4 is 23.2 Å². The van der Waals surface area contributed by atoms with E-state index in [0.29, 0.717) is 16.5 Å². The highest BCUT2D eigenvalue weighted by atomic mass is 35.5. The van der Waals surface area contributed by atoms with Crippen LogP contribution >= 0.6 is 11.6 Å². The Morgan fingerprint density at radius 3 is 2.45 bits per heavy atom. The molecule has 3 rings (SSSR count). The van der Waals surface area contributed by atoms with E-state index in [2.05, 4.69) is 21.9 Å². The van der Waals surface area contributed by atoms with Gasteiger partial charge in [-0.15, -0.1) is 0 Å². The maximum absolute atomic E-state index is 11.4. The molecule has 2 aliphatic rings. The molecule has 1 atom stereocenters. The van der Waals surface area contributed by atoms with Crippen molar-refractivity contribution in [1.82, 2.24) is 4.90 Å². The predicted octanol–water partition coefficient (Wildman–Crippen LogP) is 3.16. The summed E-state index contributed by atoms with van der Waals surface area (Å²) in [5.74, 6) is -0.311. The van der Waals surface area contributed by atoms with Crippen LogP contribution in [0, 0.1) is 40.4 Å². The largest absolute Gasteiger partial charge is 0.369 e. The second-order valence-electron chi connectivity index (χ2n) is 8.19. The van der Waals surface area contributed by atoms with Gasteiger partial charge in [0, 0.05) is 26.2 Å². The first-order valence-electron chi connectivity index (χ1n) is 10.4. The molecule has 6 nitrogen and oxygen atoms in total. The minimum atomic E-state index is -0.629. The van der Waals surface area contributed by atoms with Crippen molar-refractivity contribution in [2.45, 2.75) is 32.1 Å². The van der Waals surface area contributed by atoms with Crippen LogP contribution in [0.25, 0.3) is 0 Å². The zero-order valence-electron chi connectivity index (χ0n) is 16.7. The summed E-state index contributed by atoms with van der Waals surface area (Å²) >= 11 is 6.34. The molecule has 0 spiro atoms. The topological polar surface area (TPSA) is 97.2 Å². The fourth-order valence-corrected chi connectivity index (χ4v) is 4.85. The number of hydrogen-bond acceptors (Lipinski definition) is 5. The summed E-state index contributed by atoms with van der Waals surface area (Å²) in [5.41, 5.74) is 6.94. The van der Waals surface area contributed by atoms with Crippen LogP contribution in [0.3, 0.4) is 0 Å². The van der Waals surface area contributed by atoms with E-state index in [1.54, 1.807) is 12.1 Å². The highest BCUT2D eigenvalue weighted by Gasteiger charge is 2.31. The molecule has 1 saturated carbocycles. The maximum atomic E-state index is 11.4. The van der Waals surface area contributed by atoms with E-state index in [1.165, 1.54) is 0 Å². The number of nitrogens with two attached hydrogens (primary N) is 1. The number of carbonyl (C=O) groups excluding carboxylic acids is 1. The zero-order chi connectivity index (χ0) is 20.8. The van der Waals surface area contributed by atoms with Gasteiger partial charge in [-0.25, -0.2) is 0 Å². The number of amides is 1. The van der Waals surface area contributed by atoms with Crippen molar-refractivity contribution in [3.63, 3.8) is 0 Å². The third-order valence-corrected chi connectivity index (χ3v) is 6.77. The molecule has 1 aromatic rings. The van der Waals surface area contributed by atoms with Gasteiger partial charge in [0.15, 0.2) is 0 Å². The van der Waals surface area contributed by atoms with Gasteiger partial charge in [0.2, 0.25) is 5.91 Å². The number of anilines is 1. The fourth-order valence-electron chi connectivity index (χ4n) is 4.61. The Bertz CT molecular complexity index is 798. The maximum Gasteiger partial charge on any atom is 0.235 e. The summed E-state index contributed by atoms with van der Waals surface area (Å²) in [6, 6.07) is 9.68. The number of halogens is 1. The van der Waals surface area contributed by atoms with E-state index in [4.69, 9.17) is 27.9 Å². The quantitative estimate of drug-likeness (QED) is 0.772. The Morgan fingerprint density at radius 2 is 1.86 bits per heavy atom. The summed E-state index contributed by atoms with van der Waals surface area (Å²) in [4.78, 5) is 16.1. The number of rotatable bonds is 6. The lowest BCUT2D eigenvalue weighted by atomic mass is 9.75. The zero-order valence-corrected chi connectivity index (χ0v) is 17.4. The van der Waals surface area contributed by atoms with E-state index in [9.17, 15) is 4.79 Å². The molecule has 1 saturated heterocycles. The SMILES string of the molecule is N#Cc1ccc(Cl)c(N2CCN(CCC3CCC(C(C#N)C(N)=O)CC3)CC2)c1. The first-order valence-corrected chi connectivity index (χ1v) is 10.8. The summed E-state index contributed by atoms with van der Waals surface area (Å²) in [7, 11) is 0. The van der Waals surface area contributed by atoms with Gasteiger partial charge in [0.05, 0.1) is 28.4 Å². The van der Waals surface area contributed by atoms with Crippen molar-refractivity contribution in [3.05, 3.63) is 28.8 Å². The molecule has 1 aliphatic heterocycles. The second kappa shape index (κ2) is 9.96. The van der Waals surface area contributed by atoms with Crippen LogP contribution in [0.2, 0.25) is 5.02 Å². The third-order valence-electron chi connectivity index (χ3n) is 6.45. The molecule has 1 heterocycles. The van der Waals surface area contributed by atoms with Crippen molar-refractivity contribution in [1.29, 1.82) is 10.5 Å². The summed E-state index contributed by atoms with van der Waals surface area (Å²) in [6.07, 6.45) is 5.16. The molecule has 0 radical (unpaired) electrons. The van der Waals surface area contributed by atoms with Gasteiger partial charge in [-0.1, -0.05) is 24.4 Å². The highest BCUT2D eigenvalue weighted by molar-refractivity contribution is 6.33. The normalized spacial score (nSPS) is 23.8. The van der Waals surface area contributed by atoms with Crippen LogP contribution in [0.15, 0.2) is 18.2 Å². The first-order chi connectivity index (χ1) is 14.0. The van der Waals surface area contributed by atoms with Crippen molar-refractivity contribution in [2.24, 2.45) is 23.5 Å². The molecule has 2 N–H and O–H groups in total. The van der Waals surface area contributed by atoms with E-state index < -0.39 is 11.8 Å². The van der Waals surface area contributed by atoms with Crippen LogP contribution in [0.1, 0.15) is 37.7 Å². The number of nitriles is 2. The average molecular weight is 414 g/mol. The van der Waals surface area contributed by atoms with Crippen LogP contribution in [-0.2, 0) is 4.79 Å². The number of benzene rings is 1. The van der Waals surface area contributed by atoms with Gasteiger partial charge in [0.25, 0.3) is 0 Å². The molecular weight excluding hydrogens is 386 g/mol. The average Bonchev–Trinajstić information content (AvgIpc) is 2.74. The predicted molar refractivity (Wildman–Crippen MR) is 113 cm³/mol. The number of carbonyl (C=O) groups is 1.